The van der Waals surface area contributed by atoms with Crippen LogP contribution in [0.3, 0.4) is 0 Å². The maximum atomic E-state index is 10.8. The Bertz CT molecular complexity index is 631. The highest BCUT2D eigenvalue weighted by Crippen LogP contribution is 2.62. The highest BCUT2D eigenvalue weighted by molar-refractivity contribution is 5.47. The number of ether oxygens (including phenoxy) is 1. The lowest BCUT2D eigenvalue weighted by atomic mass is 9.64. The van der Waals surface area contributed by atoms with Crippen LogP contribution in [-0.4, -0.2) is 29.0 Å². The summed E-state index contributed by atoms with van der Waals surface area (Å²) in [7, 11) is 1.73. The third-order valence-corrected chi connectivity index (χ3v) is 6.75. The second kappa shape index (κ2) is 5.74. The molecular weight excluding hydrogens is 300 g/mol. The van der Waals surface area contributed by atoms with E-state index in [1.807, 2.05) is 13.8 Å². The molecule has 1 aromatic rings. The molecule has 2 N–H and O–H groups in total. The first-order valence-electron chi connectivity index (χ1n) is 9.18. The number of rotatable bonds is 2. The molecule has 3 heteroatoms. The first-order chi connectivity index (χ1) is 11.1. The maximum absolute atomic E-state index is 10.8. The topological polar surface area (TPSA) is 49.7 Å². The molecule has 1 fully saturated rings. The van der Waals surface area contributed by atoms with E-state index in [1.54, 1.807) is 7.11 Å². The molecule has 0 spiro atoms. The van der Waals surface area contributed by atoms with E-state index >= 15 is 0 Å². The minimum absolute atomic E-state index is 0.0851. The highest BCUT2D eigenvalue weighted by Gasteiger charge is 2.57. The summed E-state index contributed by atoms with van der Waals surface area (Å²) < 4.78 is 5.54. The molecule has 3 rings (SSSR count). The lowest BCUT2D eigenvalue weighted by molar-refractivity contribution is -0.0786. The van der Waals surface area contributed by atoms with Crippen LogP contribution in [0.15, 0.2) is 12.1 Å². The molecule has 0 saturated heterocycles. The van der Waals surface area contributed by atoms with E-state index in [1.165, 1.54) is 11.1 Å². The van der Waals surface area contributed by atoms with Gasteiger partial charge in [0.05, 0.1) is 18.8 Å². The fourth-order valence-corrected chi connectivity index (χ4v) is 5.75. The largest absolute Gasteiger partial charge is 0.496 e. The van der Waals surface area contributed by atoms with E-state index in [2.05, 4.69) is 32.9 Å². The summed E-state index contributed by atoms with van der Waals surface area (Å²) in [5.74, 6) is 1.60. The normalized spacial score (nSPS) is 36.0. The Morgan fingerprint density at radius 2 is 1.92 bits per heavy atom. The van der Waals surface area contributed by atoms with Crippen LogP contribution in [0.5, 0.6) is 5.75 Å². The van der Waals surface area contributed by atoms with Gasteiger partial charge in [-0.05, 0) is 80.0 Å². The Morgan fingerprint density at radius 3 is 2.50 bits per heavy atom. The van der Waals surface area contributed by atoms with Crippen LogP contribution < -0.4 is 4.74 Å². The predicted octanol–water partition coefficient (Wildman–Crippen LogP) is 4.14. The molecule has 0 bridgehead atoms. The van der Waals surface area contributed by atoms with Gasteiger partial charge in [0.25, 0.3) is 0 Å². The van der Waals surface area contributed by atoms with Gasteiger partial charge in [-0.15, -0.1) is 0 Å². The van der Waals surface area contributed by atoms with Crippen LogP contribution in [0.1, 0.15) is 75.5 Å². The van der Waals surface area contributed by atoms with Crippen molar-refractivity contribution >= 4 is 0 Å². The quantitative estimate of drug-likeness (QED) is 0.855. The Kier molecular flexibility index (Phi) is 4.25. The molecular formula is C21H32O3. The second-order valence-electron chi connectivity index (χ2n) is 8.88. The summed E-state index contributed by atoms with van der Waals surface area (Å²) in [5.41, 5.74) is 2.89. The van der Waals surface area contributed by atoms with Gasteiger partial charge in [-0.1, -0.05) is 19.9 Å². The molecule has 1 aromatic carbocycles. The number of aliphatic hydroxyl groups excluding tert-OH is 1. The Morgan fingerprint density at radius 1 is 1.25 bits per heavy atom. The minimum Gasteiger partial charge on any atom is -0.496 e. The third kappa shape index (κ3) is 2.57. The minimum atomic E-state index is -0.877. The van der Waals surface area contributed by atoms with Gasteiger partial charge in [-0.25, -0.2) is 0 Å². The molecule has 3 nitrogen and oxygen atoms in total. The molecule has 0 heterocycles. The molecule has 5 atom stereocenters. The van der Waals surface area contributed by atoms with Crippen molar-refractivity contribution in [2.75, 3.05) is 7.11 Å². The molecule has 0 amide bonds. The zero-order valence-electron chi connectivity index (χ0n) is 15.9. The molecule has 0 aromatic heterocycles. The Labute approximate surface area is 146 Å². The summed E-state index contributed by atoms with van der Waals surface area (Å²) in [6.07, 6.45) is 2.38. The first-order valence-corrected chi connectivity index (χ1v) is 9.18. The zero-order chi connectivity index (χ0) is 17.9. The smallest absolute Gasteiger partial charge is 0.122 e. The zero-order valence-corrected chi connectivity index (χ0v) is 15.9. The first kappa shape index (κ1) is 17.8. The number of aryl methyl sites for hydroxylation is 1. The lowest BCUT2D eigenvalue weighted by Gasteiger charge is -2.43. The van der Waals surface area contributed by atoms with Crippen molar-refractivity contribution in [3.63, 3.8) is 0 Å². The van der Waals surface area contributed by atoms with E-state index in [4.69, 9.17) is 4.74 Å². The van der Waals surface area contributed by atoms with E-state index in [-0.39, 0.29) is 17.3 Å². The van der Waals surface area contributed by atoms with Gasteiger partial charge in [0, 0.05) is 5.92 Å². The van der Waals surface area contributed by atoms with E-state index in [0.29, 0.717) is 5.92 Å². The van der Waals surface area contributed by atoms with Crippen molar-refractivity contribution < 1.29 is 14.9 Å². The van der Waals surface area contributed by atoms with E-state index in [9.17, 15) is 10.2 Å². The average Bonchev–Trinajstić information content (AvgIpc) is 2.70. The van der Waals surface area contributed by atoms with Crippen LogP contribution in [0.4, 0.5) is 0 Å². The van der Waals surface area contributed by atoms with Crippen LogP contribution in [0.2, 0.25) is 0 Å². The van der Waals surface area contributed by atoms with Crippen LogP contribution >= 0.6 is 0 Å². The van der Waals surface area contributed by atoms with Gasteiger partial charge >= 0.3 is 0 Å². The highest BCUT2D eigenvalue weighted by atomic mass is 16.5. The number of aliphatic hydroxyl groups is 2. The molecule has 24 heavy (non-hydrogen) atoms. The molecule has 134 valence electrons. The molecule has 1 saturated carbocycles. The SMILES string of the molecule is COc1cc2c(cc1C)[C@@H]1C[C@@H](O)[C@@H](C(C)(C)O)[C@]1(C)CC[C@H]2C. The fraction of sp³-hybridized carbons (Fsp3) is 0.714. The average molecular weight is 332 g/mol. The number of hydrogen-bond donors (Lipinski definition) is 2. The molecule has 0 aliphatic heterocycles. The molecule has 2 aliphatic carbocycles. The molecule has 2 aliphatic rings. The van der Waals surface area contributed by atoms with Crippen molar-refractivity contribution in [1.29, 1.82) is 0 Å². The maximum Gasteiger partial charge on any atom is 0.122 e. The van der Waals surface area contributed by atoms with Crippen molar-refractivity contribution in [2.45, 2.75) is 77.4 Å². The van der Waals surface area contributed by atoms with Crippen molar-refractivity contribution in [3.05, 3.63) is 28.8 Å². The molecule has 0 radical (unpaired) electrons. The summed E-state index contributed by atoms with van der Waals surface area (Å²) in [5, 5.41) is 21.5. The Hall–Kier alpha value is -1.06. The summed E-state index contributed by atoms with van der Waals surface area (Å²) in [6, 6.07) is 4.46. The number of benzene rings is 1. The monoisotopic (exact) mass is 332 g/mol. The summed E-state index contributed by atoms with van der Waals surface area (Å²) in [4.78, 5) is 0. The summed E-state index contributed by atoms with van der Waals surface area (Å²) >= 11 is 0. The molecule has 0 unspecified atom stereocenters. The van der Waals surface area contributed by atoms with Gasteiger partial charge in [-0.2, -0.15) is 0 Å². The number of fused-ring (bicyclic) bond motifs is 3. The summed E-state index contributed by atoms with van der Waals surface area (Å²) in [6.45, 7) is 10.3. The van der Waals surface area contributed by atoms with Gasteiger partial charge in [0.2, 0.25) is 0 Å². The number of hydrogen-bond acceptors (Lipinski definition) is 3. The van der Waals surface area contributed by atoms with Crippen LogP contribution in [0.25, 0.3) is 0 Å². The Balaban J connectivity index is 2.16. The second-order valence-corrected chi connectivity index (χ2v) is 8.88. The van der Waals surface area contributed by atoms with Crippen LogP contribution in [0, 0.1) is 18.3 Å². The third-order valence-electron chi connectivity index (χ3n) is 6.75. The van der Waals surface area contributed by atoms with Crippen LogP contribution in [-0.2, 0) is 0 Å². The van der Waals surface area contributed by atoms with Crippen molar-refractivity contribution in [1.82, 2.24) is 0 Å². The predicted molar refractivity (Wildman–Crippen MR) is 96.6 cm³/mol. The van der Waals surface area contributed by atoms with Gasteiger partial charge < -0.3 is 14.9 Å². The number of methoxy groups -OCH3 is 1. The standard InChI is InChI=1S/C21H32O3/c1-12-7-8-21(5)16(11-17(22)19(21)20(3,4)23)15-9-13(2)18(24-6)10-14(12)15/h9-10,12,16-17,19,22-23H,7-8,11H2,1-6H3/t12-,16+,17-,19+,21-/m1/s1. The van der Waals surface area contributed by atoms with Gasteiger partial charge in [0.15, 0.2) is 0 Å². The van der Waals surface area contributed by atoms with Crippen molar-refractivity contribution in [3.8, 4) is 5.75 Å². The van der Waals surface area contributed by atoms with E-state index < -0.39 is 11.7 Å². The van der Waals surface area contributed by atoms with Gasteiger partial charge in [0.1, 0.15) is 5.75 Å². The lowest BCUT2D eigenvalue weighted by Crippen LogP contribution is -2.45. The fourth-order valence-electron chi connectivity index (χ4n) is 5.75. The van der Waals surface area contributed by atoms with E-state index in [0.717, 1.165) is 30.6 Å². The van der Waals surface area contributed by atoms with Gasteiger partial charge in [-0.3, -0.25) is 0 Å². The van der Waals surface area contributed by atoms with Crippen molar-refractivity contribution in [2.24, 2.45) is 11.3 Å².